The van der Waals surface area contributed by atoms with E-state index in [0.717, 1.165) is 52.5 Å². The first-order chi connectivity index (χ1) is 22.1. The SMILES string of the molecule is CC(C)(C)c1cc(-c2ncnc3sc4c5ccccc5ccc4c23)[c-]c2ccccc12.CCC(CC)C(=O)/C=C(\O)C(CC)CC.[Ir]. The zero-order chi connectivity index (χ0) is 33.0. The van der Waals surface area contributed by atoms with Crippen LogP contribution in [0.1, 0.15) is 79.7 Å². The number of carbonyl (C=O) groups is 1. The fraction of sp³-hybridized carbons (Fsp3) is 0.341. The molecule has 6 heteroatoms. The Bertz CT molecular complexity index is 2030. The molecule has 0 saturated carbocycles. The molecule has 0 atom stereocenters. The van der Waals surface area contributed by atoms with Gasteiger partial charge in [0.1, 0.15) is 11.2 Å². The second kappa shape index (κ2) is 15.6. The molecular formula is C41H45IrN2O2S-. The quantitative estimate of drug-likeness (QED) is 0.0944. The van der Waals surface area contributed by atoms with E-state index in [2.05, 4.69) is 98.6 Å². The van der Waals surface area contributed by atoms with Gasteiger partial charge in [0.05, 0.1) is 5.76 Å². The van der Waals surface area contributed by atoms with E-state index in [-0.39, 0.29) is 48.9 Å². The smallest absolute Gasteiger partial charge is 0.162 e. The molecule has 0 aliphatic heterocycles. The van der Waals surface area contributed by atoms with Crippen LogP contribution in [0.5, 0.6) is 0 Å². The Balaban J connectivity index is 0.000000269. The predicted octanol–water partition coefficient (Wildman–Crippen LogP) is 11.8. The second-order valence-corrected chi connectivity index (χ2v) is 14.1. The van der Waals surface area contributed by atoms with E-state index >= 15 is 0 Å². The van der Waals surface area contributed by atoms with Crippen LogP contribution in [0, 0.1) is 17.9 Å². The molecule has 47 heavy (non-hydrogen) atoms. The van der Waals surface area contributed by atoms with E-state index in [1.807, 2.05) is 27.7 Å². The van der Waals surface area contributed by atoms with Crippen LogP contribution in [-0.4, -0.2) is 20.9 Å². The fourth-order valence-electron chi connectivity index (χ4n) is 6.30. The number of carbonyl (C=O) groups excluding carboxylic acids is 1. The number of aliphatic hydroxyl groups is 1. The van der Waals surface area contributed by atoms with Crippen molar-refractivity contribution in [1.82, 2.24) is 9.97 Å². The van der Waals surface area contributed by atoms with E-state index < -0.39 is 0 Å². The summed E-state index contributed by atoms with van der Waals surface area (Å²) in [5.74, 6) is 0.547. The van der Waals surface area contributed by atoms with Crippen LogP contribution in [0.2, 0.25) is 0 Å². The molecule has 0 unspecified atom stereocenters. The van der Waals surface area contributed by atoms with Crippen LogP contribution in [0.15, 0.2) is 84.9 Å². The Hall–Kier alpha value is -3.44. The number of nitrogens with zero attached hydrogens (tertiary/aromatic N) is 2. The van der Waals surface area contributed by atoms with E-state index in [9.17, 15) is 9.90 Å². The van der Waals surface area contributed by atoms with Crippen molar-refractivity contribution in [3.05, 3.63) is 96.5 Å². The van der Waals surface area contributed by atoms with Crippen molar-refractivity contribution in [2.24, 2.45) is 11.8 Å². The van der Waals surface area contributed by atoms with Crippen molar-refractivity contribution in [2.75, 3.05) is 0 Å². The summed E-state index contributed by atoms with van der Waals surface area (Å²) < 4.78 is 1.27. The molecule has 0 aliphatic carbocycles. The maximum absolute atomic E-state index is 11.7. The fourth-order valence-corrected chi connectivity index (χ4v) is 7.48. The normalized spacial score (nSPS) is 12.1. The Kier molecular flexibility index (Phi) is 12.1. The van der Waals surface area contributed by atoms with Gasteiger partial charge in [-0.25, -0.2) is 4.98 Å². The molecule has 4 nitrogen and oxygen atoms in total. The minimum Gasteiger partial charge on any atom is -0.512 e. The van der Waals surface area contributed by atoms with Gasteiger partial charge in [0.25, 0.3) is 0 Å². The zero-order valence-electron chi connectivity index (χ0n) is 28.5. The van der Waals surface area contributed by atoms with Crippen molar-refractivity contribution in [3.63, 3.8) is 0 Å². The topological polar surface area (TPSA) is 63.1 Å². The van der Waals surface area contributed by atoms with E-state index in [4.69, 9.17) is 4.98 Å². The van der Waals surface area contributed by atoms with Gasteiger partial charge in [-0.3, -0.25) is 9.78 Å². The molecule has 247 valence electrons. The maximum atomic E-state index is 11.7. The molecule has 2 aromatic heterocycles. The Morgan fingerprint density at radius 1 is 0.851 bits per heavy atom. The Labute approximate surface area is 296 Å². The summed E-state index contributed by atoms with van der Waals surface area (Å²) >= 11 is 1.75. The molecule has 0 spiro atoms. The third-order valence-corrected chi connectivity index (χ3v) is 10.2. The predicted molar refractivity (Wildman–Crippen MR) is 197 cm³/mol. The number of benzene rings is 4. The number of fused-ring (bicyclic) bond motifs is 6. The third-order valence-electron chi connectivity index (χ3n) is 9.08. The van der Waals surface area contributed by atoms with Crippen LogP contribution >= 0.6 is 11.3 Å². The molecule has 4 aromatic carbocycles. The average molecular weight is 822 g/mol. The van der Waals surface area contributed by atoms with E-state index in [1.165, 1.54) is 37.9 Å². The minimum atomic E-state index is 0. The number of thiophene rings is 1. The van der Waals surface area contributed by atoms with Gasteiger partial charge in [0.2, 0.25) is 0 Å². The van der Waals surface area contributed by atoms with E-state index in [0.29, 0.717) is 0 Å². The third kappa shape index (κ3) is 7.67. The van der Waals surface area contributed by atoms with Crippen LogP contribution in [0.4, 0.5) is 0 Å². The molecule has 0 saturated heterocycles. The number of hydrogen-bond donors (Lipinski definition) is 1. The van der Waals surface area contributed by atoms with Gasteiger partial charge in [0.15, 0.2) is 5.78 Å². The minimum absolute atomic E-state index is 0. The first kappa shape index (κ1) is 36.4. The van der Waals surface area contributed by atoms with Crippen LogP contribution in [0.25, 0.3) is 53.1 Å². The Morgan fingerprint density at radius 2 is 1.49 bits per heavy atom. The second-order valence-electron chi connectivity index (χ2n) is 13.1. The Morgan fingerprint density at radius 3 is 2.15 bits per heavy atom. The van der Waals surface area contributed by atoms with Crippen molar-refractivity contribution in [2.45, 2.75) is 79.6 Å². The van der Waals surface area contributed by atoms with Crippen LogP contribution in [0.3, 0.4) is 0 Å². The van der Waals surface area contributed by atoms with Gasteiger partial charge in [-0.05, 0) is 47.3 Å². The molecule has 0 bridgehead atoms. The average Bonchev–Trinajstić information content (AvgIpc) is 3.45. The van der Waals surface area contributed by atoms with Gasteiger partial charge in [0, 0.05) is 53.8 Å². The van der Waals surface area contributed by atoms with Crippen molar-refractivity contribution in [1.29, 1.82) is 0 Å². The molecular weight excluding hydrogens is 777 g/mol. The summed E-state index contributed by atoms with van der Waals surface area (Å²) in [4.78, 5) is 22.2. The molecule has 6 rings (SSSR count). The summed E-state index contributed by atoms with van der Waals surface area (Å²) in [5.41, 5.74) is 3.32. The molecule has 0 fully saturated rings. The van der Waals surface area contributed by atoms with Gasteiger partial charge in [-0.15, -0.1) is 40.5 Å². The summed E-state index contributed by atoms with van der Waals surface area (Å²) in [6.07, 6.45) is 6.60. The van der Waals surface area contributed by atoms with Crippen molar-refractivity contribution >= 4 is 59.0 Å². The maximum Gasteiger partial charge on any atom is 0.162 e. The van der Waals surface area contributed by atoms with Gasteiger partial charge >= 0.3 is 0 Å². The monoisotopic (exact) mass is 822 g/mol. The summed E-state index contributed by atoms with van der Waals surface area (Å²) in [6.45, 7) is 14.9. The molecule has 1 radical (unpaired) electrons. The van der Waals surface area contributed by atoms with Crippen LogP contribution < -0.4 is 0 Å². The summed E-state index contributed by atoms with van der Waals surface area (Å²) in [7, 11) is 0. The molecule has 0 aliphatic rings. The number of rotatable bonds is 8. The molecule has 2 heterocycles. The first-order valence-corrected chi connectivity index (χ1v) is 17.4. The van der Waals surface area contributed by atoms with Crippen LogP contribution in [-0.2, 0) is 30.3 Å². The number of aromatic nitrogens is 2. The number of ketones is 1. The number of aliphatic hydroxyl groups excluding tert-OH is 1. The number of allylic oxidation sites excluding steroid dienone is 2. The molecule has 1 N–H and O–H groups in total. The van der Waals surface area contributed by atoms with Gasteiger partial charge < -0.3 is 5.11 Å². The molecule has 6 aromatic rings. The van der Waals surface area contributed by atoms with E-state index in [1.54, 1.807) is 17.7 Å². The summed E-state index contributed by atoms with van der Waals surface area (Å²) in [5, 5.41) is 17.0. The standard InChI is InChI=1S/C28H21N2S.C13H24O2.Ir/c1-28(2,3)23-15-19(14-18-9-5-6-10-20(18)23)25-24-22-13-12-17-8-4-7-11-21(17)26(22)31-27(24)30-16-29-25;1-5-10(6-2)12(14)9-13(15)11(7-3)8-4;/h4-13,15-16H,1-3H3;9-11,14H,5-8H2,1-4H3;/q-1;;/b;12-9-;. The zero-order valence-corrected chi connectivity index (χ0v) is 31.7. The van der Waals surface area contributed by atoms with Gasteiger partial charge in [-0.2, -0.15) is 0 Å². The van der Waals surface area contributed by atoms with Gasteiger partial charge in [-0.1, -0.05) is 114 Å². The van der Waals surface area contributed by atoms with Crippen molar-refractivity contribution < 1.29 is 30.0 Å². The van der Waals surface area contributed by atoms with Crippen molar-refractivity contribution in [3.8, 4) is 11.3 Å². The molecule has 0 amide bonds. The number of hydrogen-bond acceptors (Lipinski definition) is 5. The summed E-state index contributed by atoms with van der Waals surface area (Å²) in [6, 6.07) is 27.4. The first-order valence-electron chi connectivity index (χ1n) is 16.6. The largest absolute Gasteiger partial charge is 0.512 e.